The van der Waals surface area contributed by atoms with E-state index in [9.17, 15) is 19.8 Å². The number of carboxylic acid groups (broad SMARTS) is 2. The smallest absolute Gasteiger partial charge is 0.407 e. The van der Waals surface area contributed by atoms with Gasteiger partial charge in [-0.15, -0.1) is 11.3 Å². The Balaban J connectivity index is 2.08. The lowest BCUT2D eigenvalue weighted by atomic mass is 10.0. The van der Waals surface area contributed by atoms with Crippen molar-refractivity contribution in [2.75, 3.05) is 0 Å². The Kier molecular flexibility index (Phi) is 6.96. The minimum atomic E-state index is -1.02. The summed E-state index contributed by atoms with van der Waals surface area (Å²) in [6.45, 7) is 7.63. The number of para-hydroxylation sites is 1. The molecule has 35 heavy (non-hydrogen) atoms. The molecule has 184 valence electrons. The normalized spacial score (nSPS) is 11.6. The molecule has 0 bridgehead atoms. The maximum Gasteiger partial charge on any atom is 0.407 e. The number of fused-ring (bicyclic) bond motifs is 3. The zero-order valence-electron chi connectivity index (χ0n) is 20.0. The fourth-order valence-corrected chi connectivity index (χ4v) is 5.68. The molecule has 7 nitrogen and oxygen atoms in total. The van der Waals surface area contributed by atoms with E-state index in [1.807, 2.05) is 76.2 Å². The van der Waals surface area contributed by atoms with E-state index < -0.39 is 12.2 Å². The maximum absolute atomic E-state index is 12.2. The number of aromatic nitrogens is 1. The van der Waals surface area contributed by atoms with Crippen LogP contribution in [-0.4, -0.2) is 48.7 Å². The highest BCUT2D eigenvalue weighted by atomic mass is 35.5. The van der Waals surface area contributed by atoms with Gasteiger partial charge in [-0.3, -0.25) is 4.40 Å². The second-order valence-electron chi connectivity index (χ2n) is 9.03. The Morgan fingerprint density at radius 1 is 0.886 bits per heavy atom. The summed E-state index contributed by atoms with van der Waals surface area (Å²) in [6.07, 6.45) is -2.04. The van der Waals surface area contributed by atoms with Gasteiger partial charge in [-0.05, 0) is 57.5 Å². The van der Waals surface area contributed by atoms with Crippen molar-refractivity contribution in [1.29, 1.82) is 0 Å². The minimum Gasteiger partial charge on any atom is -0.465 e. The highest BCUT2D eigenvalue weighted by Gasteiger charge is 2.29. The molecule has 2 aromatic carbocycles. The van der Waals surface area contributed by atoms with Crippen LogP contribution in [0, 0.1) is 0 Å². The molecule has 4 aromatic rings. The van der Waals surface area contributed by atoms with E-state index in [2.05, 4.69) is 4.40 Å². The number of rotatable bonds is 7. The van der Waals surface area contributed by atoms with E-state index in [1.54, 1.807) is 11.3 Å². The first-order valence-electron chi connectivity index (χ1n) is 11.4. The van der Waals surface area contributed by atoms with Crippen LogP contribution in [-0.2, 0) is 13.1 Å². The van der Waals surface area contributed by atoms with Crippen molar-refractivity contribution in [1.82, 2.24) is 14.2 Å². The predicted octanol–water partition coefficient (Wildman–Crippen LogP) is 7.25. The number of amides is 2. The molecule has 2 aromatic heterocycles. The molecular formula is C26H28ClN3O4S. The lowest BCUT2D eigenvalue weighted by Crippen LogP contribution is -2.37. The summed E-state index contributed by atoms with van der Waals surface area (Å²) in [7, 11) is 0. The Labute approximate surface area is 212 Å². The summed E-state index contributed by atoms with van der Waals surface area (Å²) in [5.74, 6) is 0. The molecule has 0 aliphatic rings. The zero-order chi connectivity index (χ0) is 25.4. The highest BCUT2D eigenvalue weighted by Crippen LogP contribution is 2.41. The zero-order valence-corrected chi connectivity index (χ0v) is 21.6. The van der Waals surface area contributed by atoms with E-state index in [0.29, 0.717) is 5.02 Å². The van der Waals surface area contributed by atoms with Gasteiger partial charge in [0.15, 0.2) is 0 Å². The third kappa shape index (κ3) is 4.68. The van der Waals surface area contributed by atoms with Crippen molar-refractivity contribution in [3.05, 3.63) is 64.7 Å². The second kappa shape index (κ2) is 9.79. The summed E-state index contributed by atoms with van der Waals surface area (Å²) >= 11 is 7.76. The van der Waals surface area contributed by atoms with Gasteiger partial charge in [-0.2, -0.15) is 0 Å². The minimum absolute atomic E-state index is 0.134. The van der Waals surface area contributed by atoms with Gasteiger partial charge < -0.3 is 20.0 Å². The molecule has 0 radical (unpaired) electrons. The molecule has 4 rings (SSSR count). The molecule has 0 saturated carbocycles. The molecule has 2 amide bonds. The quantitative estimate of drug-likeness (QED) is 0.272. The van der Waals surface area contributed by atoms with Crippen LogP contribution in [0.4, 0.5) is 9.59 Å². The van der Waals surface area contributed by atoms with Crippen LogP contribution in [0.15, 0.2) is 48.5 Å². The number of hydrogen-bond acceptors (Lipinski definition) is 3. The molecule has 0 saturated heterocycles. The van der Waals surface area contributed by atoms with Gasteiger partial charge >= 0.3 is 12.2 Å². The SMILES string of the molecule is CC(C)N(Cc1c(CN(C(=O)O)C(C)C)c2sc3ccccc3n2c1-c1ccc(Cl)cc1)C(=O)O. The highest BCUT2D eigenvalue weighted by molar-refractivity contribution is 7.24. The second-order valence-corrected chi connectivity index (χ2v) is 10.5. The number of thiazole rings is 1. The molecule has 0 aliphatic carbocycles. The molecular weight excluding hydrogens is 486 g/mol. The summed E-state index contributed by atoms with van der Waals surface area (Å²) in [5.41, 5.74) is 4.34. The van der Waals surface area contributed by atoms with Crippen molar-refractivity contribution >= 4 is 50.2 Å². The summed E-state index contributed by atoms with van der Waals surface area (Å²) in [5, 5.41) is 20.5. The Hall–Kier alpha value is -3.23. The van der Waals surface area contributed by atoms with Crippen molar-refractivity contribution in [2.45, 2.75) is 52.9 Å². The van der Waals surface area contributed by atoms with Crippen LogP contribution in [0.5, 0.6) is 0 Å². The largest absolute Gasteiger partial charge is 0.465 e. The molecule has 0 aliphatic heterocycles. The molecule has 2 heterocycles. The lowest BCUT2D eigenvalue weighted by molar-refractivity contribution is 0.124. The van der Waals surface area contributed by atoms with Gasteiger partial charge in [-0.25, -0.2) is 9.59 Å². The fraction of sp³-hybridized carbons (Fsp3) is 0.308. The van der Waals surface area contributed by atoms with Crippen LogP contribution in [0.25, 0.3) is 26.3 Å². The third-order valence-electron chi connectivity index (χ3n) is 6.16. The van der Waals surface area contributed by atoms with Gasteiger partial charge in [-0.1, -0.05) is 35.9 Å². The van der Waals surface area contributed by atoms with Gasteiger partial charge in [0.05, 0.1) is 29.0 Å². The Morgan fingerprint density at radius 3 is 1.97 bits per heavy atom. The van der Waals surface area contributed by atoms with E-state index in [1.165, 1.54) is 9.80 Å². The predicted molar refractivity (Wildman–Crippen MR) is 141 cm³/mol. The van der Waals surface area contributed by atoms with Gasteiger partial charge in [0, 0.05) is 28.2 Å². The van der Waals surface area contributed by atoms with Crippen LogP contribution in [0.3, 0.4) is 0 Å². The van der Waals surface area contributed by atoms with Gasteiger partial charge in [0.1, 0.15) is 4.83 Å². The molecule has 0 spiro atoms. The van der Waals surface area contributed by atoms with Crippen molar-refractivity contribution in [3.63, 3.8) is 0 Å². The van der Waals surface area contributed by atoms with Gasteiger partial charge in [0.2, 0.25) is 0 Å². The van der Waals surface area contributed by atoms with Crippen molar-refractivity contribution in [2.24, 2.45) is 0 Å². The van der Waals surface area contributed by atoms with E-state index >= 15 is 0 Å². The lowest BCUT2D eigenvalue weighted by Gasteiger charge is -2.27. The van der Waals surface area contributed by atoms with Crippen LogP contribution in [0.1, 0.15) is 38.8 Å². The van der Waals surface area contributed by atoms with Crippen LogP contribution < -0.4 is 0 Å². The van der Waals surface area contributed by atoms with E-state index in [0.717, 1.165) is 37.4 Å². The van der Waals surface area contributed by atoms with Gasteiger partial charge in [0.25, 0.3) is 0 Å². The van der Waals surface area contributed by atoms with Crippen molar-refractivity contribution in [3.8, 4) is 11.3 Å². The number of benzene rings is 2. The molecule has 2 N–H and O–H groups in total. The molecule has 0 fully saturated rings. The first-order chi connectivity index (χ1) is 16.6. The van der Waals surface area contributed by atoms with E-state index in [4.69, 9.17) is 11.6 Å². The van der Waals surface area contributed by atoms with Crippen LogP contribution >= 0.6 is 22.9 Å². The first-order valence-corrected chi connectivity index (χ1v) is 12.6. The van der Waals surface area contributed by atoms with Crippen molar-refractivity contribution < 1.29 is 19.8 Å². The summed E-state index contributed by atoms with van der Waals surface area (Å²) in [6, 6.07) is 15.0. The maximum atomic E-state index is 12.2. The number of halogens is 1. The molecule has 0 unspecified atom stereocenters. The monoisotopic (exact) mass is 513 g/mol. The van der Waals surface area contributed by atoms with Crippen LogP contribution in [0.2, 0.25) is 5.02 Å². The number of hydrogen-bond donors (Lipinski definition) is 2. The fourth-order valence-electron chi connectivity index (χ4n) is 4.34. The summed E-state index contributed by atoms with van der Waals surface area (Å²) < 4.78 is 3.20. The first kappa shape index (κ1) is 24.9. The standard InChI is InChI=1S/C26H28ClN3O4S/c1-15(2)28(25(31)32)13-19-20(14-29(16(3)4)26(33)34)24-30(21-7-5-6-8-22(21)35-24)23(19)17-9-11-18(27)12-10-17/h5-12,15-16H,13-14H2,1-4H3,(H,31,32)(H,33,34). The number of carbonyl (C=O) groups is 2. The molecule has 9 heteroatoms. The Bertz CT molecular complexity index is 1390. The number of nitrogens with zero attached hydrogens (tertiary/aromatic N) is 3. The molecule has 0 atom stereocenters. The third-order valence-corrected chi connectivity index (χ3v) is 7.60. The summed E-state index contributed by atoms with van der Waals surface area (Å²) in [4.78, 5) is 27.9. The Morgan fingerprint density at radius 2 is 1.43 bits per heavy atom. The van der Waals surface area contributed by atoms with E-state index in [-0.39, 0.29) is 25.2 Å². The topological polar surface area (TPSA) is 85.5 Å². The average Bonchev–Trinajstić information content (AvgIpc) is 3.29. The average molecular weight is 514 g/mol.